The van der Waals surface area contributed by atoms with E-state index in [0.29, 0.717) is 15.7 Å². The van der Waals surface area contributed by atoms with Crippen LogP contribution in [0.4, 0.5) is 11.4 Å². The zero-order chi connectivity index (χ0) is 11.5. The quantitative estimate of drug-likeness (QED) is 0.852. The van der Waals surface area contributed by atoms with Crippen molar-refractivity contribution in [1.82, 2.24) is 4.98 Å². The van der Waals surface area contributed by atoms with E-state index in [4.69, 9.17) is 23.2 Å². The summed E-state index contributed by atoms with van der Waals surface area (Å²) in [5, 5.41) is 4.13. The molecule has 2 rings (SSSR count). The smallest absolute Gasteiger partial charge is 0.0839 e. The van der Waals surface area contributed by atoms with Crippen LogP contribution in [0.1, 0.15) is 0 Å². The predicted octanol–water partition coefficient (Wildman–Crippen LogP) is 4.89. The zero-order valence-electron chi connectivity index (χ0n) is 8.05. The monoisotopic (exact) mass is 316 g/mol. The molecule has 0 aliphatic carbocycles. The molecule has 0 saturated heterocycles. The Morgan fingerprint density at radius 1 is 1.00 bits per heavy atom. The van der Waals surface area contributed by atoms with Crippen LogP contribution in [0.25, 0.3) is 0 Å². The largest absolute Gasteiger partial charge is 0.353 e. The SMILES string of the molecule is Clc1cncc(Cl)c1Nc1ccc(Br)cc1. The van der Waals surface area contributed by atoms with Gasteiger partial charge in [-0.2, -0.15) is 0 Å². The van der Waals surface area contributed by atoms with Crippen molar-refractivity contribution in [2.75, 3.05) is 5.32 Å². The molecule has 1 aromatic heterocycles. The fourth-order valence-electron chi connectivity index (χ4n) is 1.21. The molecule has 0 radical (unpaired) electrons. The number of hydrogen-bond donors (Lipinski definition) is 1. The second kappa shape index (κ2) is 5.04. The Morgan fingerprint density at radius 2 is 1.56 bits per heavy atom. The Balaban J connectivity index is 2.30. The van der Waals surface area contributed by atoms with E-state index in [-0.39, 0.29) is 0 Å². The van der Waals surface area contributed by atoms with Crippen molar-refractivity contribution in [3.8, 4) is 0 Å². The molecule has 16 heavy (non-hydrogen) atoms. The van der Waals surface area contributed by atoms with E-state index in [9.17, 15) is 0 Å². The second-order valence-electron chi connectivity index (χ2n) is 3.11. The first-order chi connectivity index (χ1) is 7.66. The van der Waals surface area contributed by atoms with Gasteiger partial charge in [-0.25, -0.2) is 0 Å². The highest BCUT2D eigenvalue weighted by Crippen LogP contribution is 2.31. The van der Waals surface area contributed by atoms with Crippen LogP contribution in [-0.2, 0) is 0 Å². The lowest BCUT2D eigenvalue weighted by atomic mass is 10.3. The van der Waals surface area contributed by atoms with Gasteiger partial charge in [-0.05, 0) is 24.3 Å². The first-order valence-electron chi connectivity index (χ1n) is 4.48. The third-order valence-electron chi connectivity index (χ3n) is 1.97. The van der Waals surface area contributed by atoms with Gasteiger partial charge < -0.3 is 5.32 Å². The van der Waals surface area contributed by atoms with Gasteiger partial charge in [0.1, 0.15) is 0 Å². The highest BCUT2D eigenvalue weighted by molar-refractivity contribution is 9.10. The van der Waals surface area contributed by atoms with Crippen LogP contribution in [0.15, 0.2) is 41.1 Å². The van der Waals surface area contributed by atoms with Crippen molar-refractivity contribution in [2.45, 2.75) is 0 Å². The molecule has 1 aromatic carbocycles. The summed E-state index contributed by atoms with van der Waals surface area (Å²) >= 11 is 15.4. The van der Waals surface area contributed by atoms with Gasteiger partial charge in [-0.3, -0.25) is 4.98 Å². The molecule has 0 fully saturated rings. The number of nitrogens with zero attached hydrogens (tertiary/aromatic N) is 1. The van der Waals surface area contributed by atoms with E-state index in [1.165, 1.54) is 0 Å². The number of nitrogens with one attached hydrogen (secondary N) is 1. The average molecular weight is 318 g/mol. The summed E-state index contributed by atoms with van der Waals surface area (Å²) in [6.45, 7) is 0. The molecule has 0 spiro atoms. The molecule has 82 valence electrons. The number of rotatable bonds is 2. The fourth-order valence-corrected chi connectivity index (χ4v) is 1.93. The Bertz CT molecular complexity index is 480. The van der Waals surface area contributed by atoms with Crippen molar-refractivity contribution >= 4 is 50.5 Å². The molecule has 0 aliphatic heterocycles. The van der Waals surface area contributed by atoms with Gasteiger partial charge in [-0.15, -0.1) is 0 Å². The molecule has 2 aromatic rings. The van der Waals surface area contributed by atoms with Crippen LogP contribution in [0, 0.1) is 0 Å². The summed E-state index contributed by atoms with van der Waals surface area (Å²) in [6, 6.07) is 7.73. The van der Waals surface area contributed by atoms with E-state index in [1.54, 1.807) is 12.4 Å². The highest BCUT2D eigenvalue weighted by Gasteiger charge is 2.05. The summed E-state index contributed by atoms with van der Waals surface area (Å²) in [5.41, 5.74) is 1.58. The number of benzene rings is 1. The Kier molecular flexibility index (Phi) is 3.69. The van der Waals surface area contributed by atoms with Crippen LogP contribution >= 0.6 is 39.1 Å². The molecule has 5 heteroatoms. The standard InChI is InChI=1S/C11H7BrCl2N2/c12-7-1-3-8(4-2-7)16-11-9(13)5-15-6-10(11)14/h1-6H,(H,15,16). The van der Waals surface area contributed by atoms with E-state index >= 15 is 0 Å². The van der Waals surface area contributed by atoms with Crippen molar-refractivity contribution in [3.05, 3.63) is 51.2 Å². The summed E-state index contributed by atoms with van der Waals surface area (Å²) in [5.74, 6) is 0. The third-order valence-corrected chi connectivity index (χ3v) is 3.07. The average Bonchev–Trinajstić information content (AvgIpc) is 2.26. The second-order valence-corrected chi connectivity index (χ2v) is 4.84. The minimum atomic E-state index is 0.496. The number of anilines is 2. The fraction of sp³-hybridized carbons (Fsp3) is 0. The first kappa shape index (κ1) is 11.7. The zero-order valence-corrected chi connectivity index (χ0v) is 11.1. The lowest BCUT2D eigenvalue weighted by molar-refractivity contribution is 1.32. The maximum atomic E-state index is 5.99. The van der Waals surface area contributed by atoms with Gasteiger partial charge in [0.15, 0.2) is 0 Å². The summed E-state index contributed by atoms with van der Waals surface area (Å²) in [7, 11) is 0. The summed E-state index contributed by atoms with van der Waals surface area (Å²) in [4.78, 5) is 3.89. The van der Waals surface area contributed by atoms with Gasteiger partial charge in [0.05, 0.1) is 15.7 Å². The van der Waals surface area contributed by atoms with Crippen LogP contribution in [0.3, 0.4) is 0 Å². The Morgan fingerprint density at radius 3 is 2.12 bits per heavy atom. The van der Waals surface area contributed by atoms with Crippen molar-refractivity contribution < 1.29 is 0 Å². The van der Waals surface area contributed by atoms with Crippen molar-refractivity contribution in [3.63, 3.8) is 0 Å². The van der Waals surface area contributed by atoms with Crippen molar-refractivity contribution in [2.24, 2.45) is 0 Å². The minimum absolute atomic E-state index is 0.496. The Labute approximate surface area is 112 Å². The van der Waals surface area contributed by atoms with Crippen LogP contribution in [-0.4, -0.2) is 4.98 Å². The minimum Gasteiger partial charge on any atom is -0.353 e. The predicted molar refractivity (Wildman–Crippen MR) is 71.7 cm³/mol. The molecule has 0 unspecified atom stereocenters. The Hall–Kier alpha value is -0.770. The molecule has 0 bridgehead atoms. The number of aromatic nitrogens is 1. The van der Waals surface area contributed by atoms with E-state index in [0.717, 1.165) is 10.2 Å². The van der Waals surface area contributed by atoms with E-state index in [1.807, 2.05) is 24.3 Å². The van der Waals surface area contributed by atoms with Gasteiger partial charge in [0.25, 0.3) is 0 Å². The van der Waals surface area contributed by atoms with Crippen LogP contribution in [0.2, 0.25) is 10.0 Å². The maximum Gasteiger partial charge on any atom is 0.0839 e. The van der Waals surface area contributed by atoms with E-state index < -0.39 is 0 Å². The lowest BCUT2D eigenvalue weighted by Gasteiger charge is -2.09. The molecular weight excluding hydrogens is 311 g/mol. The summed E-state index contributed by atoms with van der Waals surface area (Å²) < 4.78 is 1.02. The third kappa shape index (κ3) is 2.67. The molecular formula is C11H7BrCl2N2. The lowest BCUT2D eigenvalue weighted by Crippen LogP contribution is -1.92. The first-order valence-corrected chi connectivity index (χ1v) is 6.03. The molecule has 0 amide bonds. The van der Waals surface area contributed by atoms with E-state index in [2.05, 4.69) is 26.2 Å². The van der Waals surface area contributed by atoms with Crippen LogP contribution in [0.5, 0.6) is 0 Å². The highest BCUT2D eigenvalue weighted by atomic mass is 79.9. The molecule has 1 N–H and O–H groups in total. The number of halogens is 3. The molecule has 2 nitrogen and oxygen atoms in total. The van der Waals surface area contributed by atoms with Gasteiger partial charge in [0, 0.05) is 22.6 Å². The van der Waals surface area contributed by atoms with Gasteiger partial charge >= 0.3 is 0 Å². The van der Waals surface area contributed by atoms with Crippen molar-refractivity contribution in [1.29, 1.82) is 0 Å². The molecule has 0 saturated carbocycles. The van der Waals surface area contributed by atoms with Crippen LogP contribution < -0.4 is 5.32 Å². The summed E-state index contributed by atoms with van der Waals surface area (Å²) in [6.07, 6.45) is 3.10. The topological polar surface area (TPSA) is 24.9 Å². The number of pyridine rings is 1. The maximum absolute atomic E-state index is 5.99. The molecule has 1 heterocycles. The van der Waals surface area contributed by atoms with Gasteiger partial charge in [-0.1, -0.05) is 39.1 Å². The number of hydrogen-bond acceptors (Lipinski definition) is 2. The van der Waals surface area contributed by atoms with Gasteiger partial charge in [0.2, 0.25) is 0 Å². The normalized spacial score (nSPS) is 10.2. The molecule has 0 aliphatic rings. The molecule has 0 atom stereocenters.